The van der Waals surface area contributed by atoms with Crippen LogP contribution in [0.1, 0.15) is 122 Å². The van der Waals surface area contributed by atoms with Crippen molar-refractivity contribution in [3.05, 3.63) is 0 Å². The van der Waals surface area contributed by atoms with E-state index in [1.165, 1.54) is 96.3 Å². The predicted molar refractivity (Wildman–Crippen MR) is 102 cm³/mol. The van der Waals surface area contributed by atoms with Crippen molar-refractivity contribution in [1.29, 1.82) is 0 Å². The Morgan fingerprint density at radius 1 is 0.522 bits per heavy atom. The van der Waals surface area contributed by atoms with E-state index in [0.29, 0.717) is 6.61 Å². The fourth-order valence-electron chi connectivity index (χ4n) is 3.17. The van der Waals surface area contributed by atoms with Gasteiger partial charge in [-0.1, -0.05) is 103 Å². The summed E-state index contributed by atoms with van der Waals surface area (Å²) in [6, 6.07) is 0. The molecular formula is C21H44O2. The number of hydrogen-bond donors (Lipinski definition) is 2. The van der Waals surface area contributed by atoms with Crippen LogP contribution in [0.4, 0.5) is 0 Å². The van der Waals surface area contributed by atoms with Crippen LogP contribution in [0.5, 0.6) is 0 Å². The molecule has 0 heterocycles. The van der Waals surface area contributed by atoms with Crippen molar-refractivity contribution in [2.24, 2.45) is 0 Å². The molecule has 23 heavy (non-hydrogen) atoms. The highest BCUT2D eigenvalue weighted by Gasteiger charge is 1.99. The van der Waals surface area contributed by atoms with E-state index in [0.717, 1.165) is 19.3 Å². The van der Waals surface area contributed by atoms with Crippen molar-refractivity contribution >= 4 is 0 Å². The molecule has 0 aromatic heterocycles. The molecule has 0 aromatic carbocycles. The van der Waals surface area contributed by atoms with Crippen molar-refractivity contribution in [2.75, 3.05) is 6.61 Å². The topological polar surface area (TPSA) is 40.5 Å². The summed E-state index contributed by atoms with van der Waals surface area (Å²) in [7, 11) is 0. The lowest BCUT2D eigenvalue weighted by molar-refractivity contribution is 0.156. The molecule has 0 aromatic rings. The molecule has 0 bridgehead atoms. The SMILES string of the molecule is CCC(O)CCCCCCCCCCCCCCCCCCO. The van der Waals surface area contributed by atoms with Gasteiger partial charge in [0.2, 0.25) is 0 Å². The van der Waals surface area contributed by atoms with Crippen molar-refractivity contribution in [3.63, 3.8) is 0 Å². The molecule has 0 saturated carbocycles. The van der Waals surface area contributed by atoms with Gasteiger partial charge in [-0.05, 0) is 19.3 Å². The van der Waals surface area contributed by atoms with E-state index in [2.05, 4.69) is 6.92 Å². The van der Waals surface area contributed by atoms with Crippen LogP contribution in [0.15, 0.2) is 0 Å². The zero-order valence-electron chi connectivity index (χ0n) is 15.9. The predicted octanol–water partition coefficient (Wildman–Crippen LogP) is 6.38. The molecule has 1 unspecified atom stereocenters. The Bertz CT molecular complexity index is 206. The Hall–Kier alpha value is -0.0800. The summed E-state index contributed by atoms with van der Waals surface area (Å²) in [4.78, 5) is 0. The van der Waals surface area contributed by atoms with Gasteiger partial charge in [0.25, 0.3) is 0 Å². The molecule has 140 valence electrons. The third-order valence-electron chi connectivity index (χ3n) is 4.92. The average Bonchev–Trinajstić information content (AvgIpc) is 2.57. The van der Waals surface area contributed by atoms with Crippen LogP contribution in [0, 0.1) is 0 Å². The number of unbranched alkanes of at least 4 members (excludes halogenated alkanes) is 15. The minimum atomic E-state index is -0.0597. The fourth-order valence-corrected chi connectivity index (χ4v) is 3.17. The molecule has 2 heteroatoms. The van der Waals surface area contributed by atoms with E-state index < -0.39 is 0 Å². The van der Waals surface area contributed by atoms with Gasteiger partial charge in [0.05, 0.1) is 6.10 Å². The maximum Gasteiger partial charge on any atom is 0.0537 e. The van der Waals surface area contributed by atoms with Gasteiger partial charge in [0.15, 0.2) is 0 Å². The second-order valence-electron chi connectivity index (χ2n) is 7.23. The van der Waals surface area contributed by atoms with Gasteiger partial charge in [-0.3, -0.25) is 0 Å². The maximum atomic E-state index is 9.47. The zero-order valence-corrected chi connectivity index (χ0v) is 15.9. The lowest BCUT2D eigenvalue weighted by atomic mass is 10.0. The first-order valence-corrected chi connectivity index (χ1v) is 10.6. The lowest BCUT2D eigenvalue weighted by Gasteiger charge is -2.06. The molecule has 0 fully saturated rings. The van der Waals surface area contributed by atoms with Crippen LogP contribution in [0.2, 0.25) is 0 Å². The average molecular weight is 329 g/mol. The molecule has 2 N–H and O–H groups in total. The summed E-state index contributed by atoms with van der Waals surface area (Å²) in [5, 5.41) is 18.2. The molecule has 0 amide bonds. The molecule has 1 atom stereocenters. The van der Waals surface area contributed by atoms with Crippen LogP contribution in [0.3, 0.4) is 0 Å². The third-order valence-corrected chi connectivity index (χ3v) is 4.92. The Labute approximate surface area is 146 Å². The summed E-state index contributed by atoms with van der Waals surface area (Å²) >= 11 is 0. The Morgan fingerprint density at radius 2 is 0.826 bits per heavy atom. The second-order valence-corrected chi connectivity index (χ2v) is 7.23. The molecule has 0 spiro atoms. The number of aliphatic hydroxyl groups is 2. The number of rotatable bonds is 19. The van der Waals surface area contributed by atoms with Crippen molar-refractivity contribution in [3.8, 4) is 0 Å². The van der Waals surface area contributed by atoms with E-state index in [1.54, 1.807) is 0 Å². The van der Waals surface area contributed by atoms with E-state index in [1.807, 2.05) is 0 Å². The van der Waals surface area contributed by atoms with Crippen molar-refractivity contribution in [2.45, 2.75) is 129 Å². The van der Waals surface area contributed by atoms with E-state index >= 15 is 0 Å². The van der Waals surface area contributed by atoms with Gasteiger partial charge < -0.3 is 10.2 Å². The number of hydrogen-bond acceptors (Lipinski definition) is 2. The smallest absolute Gasteiger partial charge is 0.0537 e. The first-order chi connectivity index (χ1) is 11.3. The standard InChI is InChI=1S/C21H44O2/c1-2-21(23)19-17-15-13-11-9-7-5-3-4-6-8-10-12-14-16-18-20-22/h21-23H,2-20H2,1H3. The van der Waals surface area contributed by atoms with Crippen LogP contribution in [0.25, 0.3) is 0 Å². The van der Waals surface area contributed by atoms with Crippen LogP contribution < -0.4 is 0 Å². The monoisotopic (exact) mass is 328 g/mol. The second kappa shape index (κ2) is 20.0. The minimum absolute atomic E-state index is 0.0597. The molecule has 0 aliphatic carbocycles. The summed E-state index contributed by atoms with van der Waals surface area (Å²) in [6.07, 6.45) is 23.2. The highest BCUT2D eigenvalue weighted by Crippen LogP contribution is 2.14. The molecule has 0 rings (SSSR count). The maximum absolute atomic E-state index is 9.47. The zero-order chi connectivity index (χ0) is 17.0. The van der Waals surface area contributed by atoms with Crippen molar-refractivity contribution in [1.82, 2.24) is 0 Å². The highest BCUT2D eigenvalue weighted by molar-refractivity contribution is 4.54. The molecule has 0 radical (unpaired) electrons. The minimum Gasteiger partial charge on any atom is -0.396 e. The lowest BCUT2D eigenvalue weighted by Crippen LogP contribution is -2.03. The highest BCUT2D eigenvalue weighted by atomic mass is 16.3. The quantitative estimate of drug-likeness (QED) is 0.270. The van der Waals surface area contributed by atoms with Gasteiger partial charge >= 0.3 is 0 Å². The van der Waals surface area contributed by atoms with E-state index in [9.17, 15) is 5.11 Å². The largest absolute Gasteiger partial charge is 0.396 e. The summed E-state index contributed by atoms with van der Waals surface area (Å²) < 4.78 is 0. The van der Waals surface area contributed by atoms with Crippen LogP contribution in [-0.4, -0.2) is 22.9 Å². The van der Waals surface area contributed by atoms with E-state index in [4.69, 9.17) is 5.11 Å². The van der Waals surface area contributed by atoms with Crippen molar-refractivity contribution < 1.29 is 10.2 Å². The first-order valence-electron chi connectivity index (χ1n) is 10.6. The normalized spacial score (nSPS) is 12.7. The fraction of sp³-hybridized carbons (Fsp3) is 1.00. The molecular weight excluding hydrogens is 284 g/mol. The van der Waals surface area contributed by atoms with Crippen LogP contribution >= 0.6 is 0 Å². The van der Waals surface area contributed by atoms with Gasteiger partial charge in [0, 0.05) is 6.61 Å². The van der Waals surface area contributed by atoms with E-state index in [-0.39, 0.29) is 6.10 Å². The molecule has 2 nitrogen and oxygen atoms in total. The van der Waals surface area contributed by atoms with Gasteiger partial charge in [-0.15, -0.1) is 0 Å². The number of aliphatic hydroxyl groups excluding tert-OH is 2. The summed E-state index contributed by atoms with van der Waals surface area (Å²) in [5.41, 5.74) is 0. The molecule has 0 saturated heterocycles. The van der Waals surface area contributed by atoms with Crippen LogP contribution in [-0.2, 0) is 0 Å². The Kier molecular flexibility index (Phi) is 19.9. The Balaban J connectivity index is 2.97. The first kappa shape index (κ1) is 22.9. The molecule has 0 aliphatic heterocycles. The molecule has 0 aliphatic rings. The van der Waals surface area contributed by atoms with Gasteiger partial charge in [-0.2, -0.15) is 0 Å². The summed E-state index contributed by atoms with van der Waals surface area (Å²) in [6.45, 7) is 2.42. The third kappa shape index (κ3) is 19.9. The summed E-state index contributed by atoms with van der Waals surface area (Å²) in [5.74, 6) is 0. The van der Waals surface area contributed by atoms with Gasteiger partial charge in [0.1, 0.15) is 0 Å². The van der Waals surface area contributed by atoms with Gasteiger partial charge in [-0.25, -0.2) is 0 Å². The Morgan fingerprint density at radius 3 is 1.13 bits per heavy atom.